The molecule has 2 amide bonds. The Labute approximate surface area is 113 Å². The molecule has 1 aromatic carbocycles. The first-order valence-corrected chi connectivity index (χ1v) is 6.77. The van der Waals surface area contributed by atoms with Gasteiger partial charge in [0.15, 0.2) is 0 Å². The molecule has 1 atom stereocenters. The molecule has 1 saturated heterocycles. The van der Waals surface area contributed by atoms with E-state index < -0.39 is 6.04 Å². The number of anilines is 1. The highest BCUT2D eigenvalue weighted by Gasteiger charge is 2.35. The fourth-order valence-corrected chi connectivity index (χ4v) is 2.22. The summed E-state index contributed by atoms with van der Waals surface area (Å²) < 4.78 is 0. The first kappa shape index (κ1) is 13.6. The number of nitrogens with zero attached hydrogens (tertiary/aromatic N) is 1. The van der Waals surface area contributed by atoms with Gasteiger partial charge in [0.25, 0.3) is 5.91 Å². The fourth-order valence-electron chi connectivity index (χ4n) is 2.22. The van der Waals surface area contributed by atoms with Crippen LogP contribution in [0.15, 0.2) is 24.3 Å². The third-order valence-corrected chi connectivity index (χ3v) is 3.50. The van der Waals surface area contributed by atoms with Crippen LogP contribution in [0.2, 0.25) is 0 Å². The average Bonchev–Trinajstić information content (AvgIpc) is 2.66. The second-order valence-corrected chi connectivity index (χ2v) is 4.99. The molecule has 0 spiro atoms. The van der Waals surface area contributed by atoms with Gasteiger partial charge in [-0.15, -0.1) is 0 Å². The van der Waals surface area contributed by atoms with Crippen molar-refractivity contribution in [2.24, 2.45) is 0 Å². The molecule has 19 heavy (non-hydrogen) atoms. The summed E-state index contributed by atoms with van der Waals surface area (Å²) in [7, 11) is 1.53. The normalized spacial score (nSPS) is 19.1. The minimum atomic E-state index is -0.418. The molecule has 1 unspecified atom stereocenters. The summed E-state index contributed by atoms with van der Waals surface area (Å²) in [6, 6.07) is 7.67. The Morgan fingerprint density at radius 3 is 2.47 bits per heavy atom. The molecular formula is C15H20N2O2. The van der Waals surface area contributed by atoms with Crippen molar-refractivity contribution in [3.8, 4) is 0 Å². The van der Waals surface area contributed by atoms with Gasteiger partial charge in [0.2, 0.25) is 5.91 Å². The second kappa shape index (κ2) is 5.87. The zero-order valence-electron chi connectivity index (χ0n) is 11.5. The molecule has 102 valence electrons. The van der Waals surface area contributed by atoms with Gasteiger partial charge in [0.05, 0.1) is 6.42 Å². The lowest BCUT2D eigenvalue weighted by atomic mass is 10.1. The number of hydrogen-bond acceptors (Lipinski definition) is 3. The Kier molecular flexibility index (Phi) is 4.20. The van der Waals surface area contributed by atoms with E-state index in [0.29, 0.717) is 0 Å². The van der Waals surface area contributed by atoms with Crippen LogP contribution < -0.4 is 5.32 Å². The van der Waals surface area contributed by atoms with Gasteiger partial charge in [-0.3, -0.25) is 14.5 Å². The zero-order chi connectivity index (χ0) is 13.8. The molecule has 0 saturated carbocycles. The molecule has 4 heteroatoms. The van der Waals surface area contributed by atoms with Gasteiger partial charge in [0.1, 0.15) is 6.04 Å². The number of likely N-dealkylation sites (N-methyl/N-ethyl adjacent to an activating group) is 1. The van der Waals surface area contributed by atoms with Crippen molar-refractivity contribution in [1.82, 2.24) is 4.90 Å². The third-order valence-electron chi connectivity index (χ3n) is 3.50. The van der Waals surface area contributed by atoms with Crippen LogP contribution in [0.25, 0.3) is 0 Å². The molecule has 0 radical (unpaired) electrons. The van der Waals surface area contributed by atoms with Crippen molar-refractivity contribution in [2.75, 3.05) is 12.4 Å². The Morgan fingerprint density at radius 2 is 1.95 bits per heavy atom. The molecule has 4 nitrogen and oxygen atoms in total. The van der Waals surface area contributed by atoms with Crippen molar-refractivity contribution < 1.29 is 9.59 Å². The molecular weight excluding hydrogens is 240 g/mol. The Balaban J connectivity index is 1.96. The van der Waals surface area contributed by atoms with Gasteiger partial charge in [-0.2, -0.15) is 0 Å². The van der Waals surface area contributed by atoms with Crippen LogP contribution in [0, 0.1) is 0 Å². The highest BCUT2D eigenvalue weighted by Crippen LogP contribution is 2.18. The van der Waals surface area contributed by atoms with E-state index in [4.69, 9.17) is 0 Å². The van der Waals surface area contributed by atoms with Crippen LogP contribution >= 0.6 is 0 Å². The summed E-state index contributed by atoms with van der Waals surface area (Å²) in [5, 5.41) is 3.12. The first-order valence-electron chi connectivity index (χ1n) is 6.77. The van der Waals surface area contributed by atoms with Crippen molar-refractivity contribution in [3.63, 3.8) is 0 Å². The van der Waals surface area contributed by atoms with Gasteiger partial charge in [-0.1, -0.05) is 25.5 Å². The predicted molar refractivity (Wildman–Crippen MR) is 74.9 cm³/mol. The monoisotopic (exact) mass is 260 g/mol. The lowest BCUT2D eigenvalue weighted by molar-refractivity contribution is -0.136. The average molecular weight is 260 g/mol. The van der Waals surface area contributed by atoms with Crippen LogP contribution in [0.1, 0.15) is 31.7 Å². The summed E-state index contributed by atoms with van der Waals surface area (Å²) in [6.45, 7) is 2.18. The first-order chi connectivity index (χ1) is 9.11. The molecule has 1 fully saturated rings. The molecule has 1 heterocycles. The van der Waals surface area contributed by atoms with E-state index in [9.17, 15) is 9.59 Å². The number of hydrogen-bond donors (Lipinski definition) is 1. The second-order valence-electron chi connectivity index (χ2n) is 4.99. The number of carbonyl (C=O) groups excluding carboxylic acids is 2. The number of likely N-dealkylation sites (tertiary alicyclic amines) is 1. The summed E-state index contributed by atoms with van der Waals surface area (Å²) in [5.41, 5.74) is 2.19. The predicted octanol–water partition coefficient (Wildman–Crippen LogP) is 2.20. The number of rotatable bonds is 5. The van der Waals surface area contributed by atoms with E-state index >= 15 is 0 Å². The minimum Gasteiger partial charge on any atom is -0.373 e. The molecule has 1 aliphatic heterocycles. The summed E-state index contributed by atoms with van der Waals surface area (Å²) in [4.78, 5) is 24.4. The van der Waals surface area contributed by atoms with E-state index in [2.05, 4.69) is 24.4 Å². The third kappa shape index (κ3) is 3.13. The van der Waals surface area contributed by atoms with Crippen LogP contribution in [0.3, 0.4) is 0 Å². The summed E-state index contributed by atoms with van der Waals surface area (Å²) in [5.74, 6) is -0.276. The smallest absolute Gasteiger partial charge is 0.251 e. The number of imide groups is 1. The number of unbranched alkanes of at least 4 members (excludes halogenated alkanes) is 1. The number of benzene rings is 1. The van der Waals surface area contributed by atoms with Gasteiger partial charge in [-0.05, 0) is 30.5 Å². The maximum absolute atomic E-state index is 11.8. The minimum absolute atomic E-state index is 0.123. The topological polar surface area (TPSA) is 49.4 Å². The van der Waals surface area contributed by atoms with E-state index in [-0.39, 0.29) is 18.2 Å². The summed E-state index contributed by atoms with van der Waals surface area (Å²) in [6.07, 6.45) is 3.70. The standard InChI is InChI=1S/C15H20N2O2/c1-3-4-5-11-6-8-12(9-7-11)16-13-10-14(18)17(2)15(13)19/h6-9,13,16H,3-5,10H2,1-2H3. The van der Waals surface area contributed by atoms with E-state index in [1.807, 2.05) is 12.1 Å². The van der Waals surface area contributed by atoms with Gasteiger partial charge in [0, 0.05) is 12.7 Å². The lowest BCUT2D eigenvalue weighted by Crippen LogP contribution is -2.31. The van der Waals surface area contributed by atoms with Gasteiger partial charge in [-0.25, -0.2) is 0 Å². The summed E-state index contributed by atoms with van der Waals surface area (Å²) >= 11 is 0. The Morgan fingerprint density at radius 1 is 1.26 bits per heavy atom. The van der Waals surface area contributed by atoms with Crippen molar-refractivity contribution in [3.05, 3.63) is 29.8 Å². The highest BCUT2D eigenvalue weighted by molar-refractivity contribution is 6.06. The molecule has 1 N–H and O–H groups in total. The SMILES string of the molecule is CCCCc1ccc(NC2CC(=O)N(C)C2=O)cc1. The molecule has 1 aliphatic rings. The number of aryl methyl sites for hydroxylation is 1. The molecule has 0 bridgehead atoms. The molecule has 1 aromatic rings. The number of amides is 2. The quantitative estimate of drug-likeness (QED) is 0.826. The van der Waals surface area contributed by atoms with Crippen molar-refractivity contribution in [1.29, 1.82) is 0 Å². The van der Waals surface area contributed by atoms with Crippen molar-refractivity contribution >= 4 is 17.5 Å². The zero-order valence-corrected chi connectivity index (χ0v) is 11.5. The number of nitrogens with one attached hydrogen (secondary N) is 1. The van der Waals surface area contributed by atoms with Crippen LogP contribution in [-0.2, 0) is 16.0 Å². The van der Waals surface area contributed by atoms with Crippen LogP contribution in [-0.4, -0.2) is 29.8 Å². The van der Waals surface area contributed by atoms with E-state index in [1.54, 1.807) is 0 Å². The maximum Gasteiger partial charge on any atom is 0.251 e. The van der Waals surface area contributed by atoms with Crippen molar-refractivity contribution in [2.45, 2.75) is 38.6 Å². The molecule has 0 aromatic heterocycles. The van der Waals surface area contributed by atoms with Crippen LogP contribution in [0.4, 0.5) is 5.69 Å². The van der Waals surface area contributed by atoms with Crippen LogP contribution in [0.5, 0.6) is 0 Å². The Bertz CT molecular complexity index is 468. The lowest BCUT2D eigenvalue weighted by Gasteiger charge is -2.12. The van der Waals surface area contributed by atoms with E-state index in [0.717, 1.165) is 12.1 Å². The molecule has 0 aliphatic carbocycles. The highest BCUT2D eigenvalue weighted by atomic mass is 16.2. The van der Waals surface area contributed by atoms with Gasteiger partial charge < -0.3 is 5.32 Å². The Hall–Kier alpha value is -1.84. The fraction of sp³-hybridized carbons (Fsp3) is 0.467. The number of carbonyl (C=O) groups is 2. The van der Waals surface area contributed by atoms with E-state index in [1.165, 1.54) is 30.4 Å². The van der Waals surface area contributed by atoms with Gasteiger partial charge >= 0.3 is 0 Å². The molecule has 2 rings (SSSR count). The maximum atomic E-state index is 11.8. The largest absolute Gasteiger partial charge is 0.373 e.